The summed E-state index contributed by atoms with van der Waals surface area (Å²) in [5.74, 6) is 0.0611. The molecule has 1 N–H and O–H groups in total. The van der Waals surface area contributed by atoms with E-state index in [9.17, 15) is 9.59 Å². The molecule has 5 nitrogen and oxygen atoms in total. The molecule has 2 aromatic rings. The van der Waals surface area contributed by atoms with Crippen LogP contribution in [0.15, 0.2) is 48.5 Å². The number of aryl methyl sites for hydroxylation is 2. The van der Waals surface area contributed by atoms with Gasteiger partial charge in [-0.25, -0.2) is 0 Å². The van der Waals surface area contributed by atoms with Crippen molar-refractivity contribution in [2.45, 2.75) is 51.4 Å². The third-order valence-corrected chi connectivity index (χ3v) is 6.97. The molecule has 2 aliphatic rings. The molecule has 0 atom stereocenters. The number of unbranched alkanes of at least 4 members (excludes halogenated alkanes) is 1. The van der Waals surface area contributed by atoms with Crippen LogP contribution in [0, 0.1) is 0 Å². The molecule has 5 heteroatoms. The molecule has 1 amide bonds. The third kappa shape index (κ3) is 6.91. The zero-order valence-corrected chi connectivity index (χ0v) is 19.7. The number of anilines is 1. The van der Waals surface area contributed by atoms with Gasteiger partial charge < -0.3 is 10.2 Å². The Balaban J connectivity index is 1.06. The molecule has 1 heterocycles. The van der Waals surface area contributed by atoms with Gasteiger partial charge in [-0.1, -0.05) is 30.3 Å². The number of ketones is 1. The van der Waals surface area contributed by atoms with E-state index >= 15 is 0 Å². The molecule has 0 radical (unpaired) electrons. The number of amides is 1. The van der Waals surface area contributed by atoms with Crippen LogP contribution in [0.5, 0.6) is 0 Å². The lowest BCUT2D eigenvalue weighted by atomic mass is 9.89. The molecule has 1 saturated heterocycles. The van der Waals surface area contributed by atoms with Gasteiger partial charge in [0.05, 0.1) is 0 Å². The lowest BCUT2D eigenvalue weighted by molar-refractivity contribution is -0.121. The number of Topliss-reactive ketones (excluding diaryl/α,β-unsaturated/α-hetero) is 1. The van der Waals surface area contributed by atoms with E-state index in [1.165, 1.54) is 29.7 Å². The van der Waals surface area contributed by atoms with Crippen molar-refractivity contribution < 1.29 is 9.59 Å². The van der Waals surface area contributed by atoms with Crippen LogP contribution in [-0.2, 0) is 17.6 Å². The fraction of sp³-hybridized carbons (Fsp3) is 0.500. The Morgan fingerprint density at radius 3 is 2.36 bits per heavy atom. The first kappa shape index (κ1) is 23.5. The van der Waals surface area contributed by atoms with Crippen LogP contribution in [0.3, 0.4) is 0 Å². The number of hydrogen-bond donors (Lipinski definition) is 1. The SMILES string of the molecule is O=C(CCC(=O)c1ccc2c(c1)CCCC2)NCCCCN1CCN(c2ccccc2)CC1. The molecule has 176 valence electrons. The Labute approximate surface area is 198 Å². The Morgan fingerprint density at radius 2 is 1.58 bits per heavy atom. The number of rotatable bonds is 10. The highest BCUT2D eigenvalue weighted by atomic mass is 16.2. The van der Waals surface area contributed by atoms with E-state index in [1.807, 2.05) is 12.1 Å². The van der Waals surface area contributed by atoms with E-state index in [4.69, 9.17) is 0 Å². The minimum Gasteiger partial charge on any atom is -0.369 e. The predicted octanol–water partition coefficient (Wildman–Crippen LogP) is 4.25. The van der Waals surface area contributed by atoms with Gasteiger partial charge in [0.15, 0.2) is 5.78 Å². The largest absolute Gasteiger partial charge is 0.369 e. The fourth-order valence-electron chi connectivity index (χ4n) is 4.92. The van der Waals surface area contributed by atoms with Crippen LogP contribution in [0.2, 0.25) is 0 Å². The smallest absolute Gasteiger partial charge is 0.220 e. The second-order valence-electron chi connectivity index (χ2n) is 9.34. The van der Waals surface area contributed by atoms with Crippen molar-refractivity contribution in [1.29, 1.82) is 0 Å². The van der Waals surface area contributed by atoms with Gasteiger partial charge in [0, 0.05) is 56.8 Å². The van der Waals surface area contributed by atoms with Crippen LogP contribution in [0.25, 0.3) is 0 Å². The molecule has 0 saturated carbocycles. The van der Waals surface area contributed by atoms with Gasteiger partial charge in [0.1, 0.15) is 0 Å². The first-order valence-electron chi connectivity index (χ1n) is 12.6. The topological polar surface area (TPSA) is 52.7 Å². The predicted molar refractivity (Wildman–Crippen MR) is 134 cm³/mol. The van der Waals surface area contributed by atoms with E-state index in [1.54, 1.807) is 0 Å². The molecule has 4 rings (SSSR count). The lowest BCUT2D eigenvalue weighted by Gasteiger charge is -2.36. The first-order chi connectivity index (χ1) is 16.2. The number of carbonyl (C=O) groups excluding carboxylic acids is 2. The fourth-order valence-corrected chi connectivity index (χ4v) is 4.92. The molecule has 33 heavy (non-hydrogen) atoms. The number of fused-ring (bicyclic) bond motifs is 1. The van der Waals surface area contributed by atoms with Gasteiger partial charge >= 0.3 is 0 Å². The maximum Gasteiger partial charge on any atom is 0.220 e. The molecule has 1 aliphatic heterocycles. The molecule has 0 aromatic heterocycles. The molecule has 0 spiro atoms. The van der Waals surface area contributed by atoms with Crippen LogP contribution in [0.1, 0.15) is 60.0 Å². The minimum atomic E-state index is -0.0159. The average molecular weight is 448 g/mol. The summed E-state index contributed by atoms with van der Waals surface area (Å²) < 4.78 is 0. The van der Waals surface area contributed by atoms with Crippen LogP contribution in [0.4, 0.5) is 5.69 Å². The monoisotopic (exact) mass is 447 g/mol. The van der Waals surface area contributed by atoms with E-state index in [0.717, 1.165) is 64.0 Å². The third-order valence-electron chi connectivity index (χ3n) is 6.97. The Hall–Kier alpha value is -2.66. The standard InChI is InChI=1S/C28H37N3O2/c32-27(25-13-12-23-8-4-5-9-24(23)22-25)14-15-28(33)29-16-6-7-17-30-18-20-31(21-19-30)26-10-2-1-3-11-26/h1-3,10-13,22H,4-9,14-21H2,(H,29,33). The van der Waals surface area contributed by atoms with Crippen molar-refractivity contribution in [1.82, 2.24) is 10.2 Å². The minimum absolute atomic E-state index is 0.0159. The average Bonchev–Trinajstić information content (AvgIpc) is 2.87. The van der Waals surface area contributed by atoms with Crippen molar-refractivity contribution in [2.24, 2.45) is 0 Å². The molecular weight excluding hydrogens is 410 g/mol. The van der Waals surface area contributed by atoms with Crippen molar-refractivity contribution in [2.75, 3.05) is 44.2 Å². The maximum absolute atomic E-state index is 12.5. The van der Waals surface area contributed by atoms with Crippen molar-refractivity contribution >= 4 is 17.4 Å². The first-order valence-corrected chi connectivity index (χ1v) is 12.6. The van der Waals surface area contributed by atoms with Gasteiger partial charge in [-0.05, 0) is 74.4 Å². The van der Waals surface area contributed by atoms with Crippen LogP contribution in [-0.4, -0.2) is 55.9 Å². The number of para-hydroxylation sites is 1. The van der Waals surface area contributed by atoms with Gasteiger partial charge in [0.2, 0.25) is 5.91 Å². The number of nitrogens with zero attached hydrogens (tertiary/aromatic N) is 2. The second-order valence-corrected chi connectivity index (χ2v) is 9.34. The van der Waals surface area contributed by atoms with E-state index < -0.39 is 0 Å². The molecular formula is C28H37N3O2. The summed E-state index contributed by atoms with van der Waals surface area (Å²) in [5, 5.41) is 2.99. The highest BCUT2D eigenvalue weighted by molar-refractivity contribution is 5.98. The summed E-state index contributed by atoms with van der Waals surface area (Å²) in [7, 11) is 0. The van der Waals surface area contributed by atoms with Crippen molar-refractivity contribution in [3.05, 3.63) is 65.2 Å². The Kier molecular flexibility index (Phi) is 8.53. The van der Waals surface area contributed by atoms with Crippen LogP contribution >= 0.6 is 0 Å². The normalized spacial score (nSPS) is 16.3. The zero-order valence-electron chi connectivity index (χ0n) is 19.7. The summed E-state index contributed by atoms with van der Waals surface area (Å²) in [5.41, 5.74) is 4.77. The van der Waals surface area contributed by atoms with E-state index in [-0.39, 0.29) is 24.5 Å². The van der Waals surface area contributed by atoms with Gasteiger partial charge in [-0.15, -0.1) is 0 Å². The van der Waals surface area contributed by atoms with Gasteiger partial charge in [-0.2, -0.15) is 0 Å². The number of nitrogens with one attached hydrogen (secondary N) is 1. The molecule has 1 fully saturated rings. The Bertz CT molecular complexity index is 920. The second kappa shape index (κ2) is 12.0. The summed E-state index contributed by atoms with van der Waals surface area (Å²) in [6.07, 6.45) is 7.26. The van der Waals surface area contributed by atoms with Crippen molar-refractivity contribution in [3.8, 4) is 0 Å². The number of piperazine rings is 1. The quantitative estimate of drug-likeness (QED) is 0.437. The lowest BCUT2D eigenvalue weighted by Crippen LogP contribution is -2.46. The van der Waals surface area contributed by atoms with Gasteiger partial charge in [-0.3, -0.25) is 14.5 Å². The highest BCUT2D eigenvalue weighted by Crippen LogP contribution is 2.23. The Morgan fingerprint density at radius 1 is 0.818 bits per heavy atom. The molecule has 0 bridgehead atoms. The van der Waals surface area contributed by atoms with Crippen molar-refractivity contribution in [3.63, 3.8) is 0 Å². The maximum atomic E-state index is 12.5. The van der Waals surface area contributed by atoms with E-state index in [0.29, 0.717) is 6.54 Å². The summed E-state index contributed by atoms with van der Waals surface area (Å²) in [4.78, 5) is 29.6. The molecule has 0 unspecified atom stereocenters. The molecule has 1 aliphatic carbocycles. The number of benzene rings is 2. The zero-order chi connectivity index (χ0) is 22.9. The summed E-state index contributed by atoms with van der Waals surface area (Å²) in [6, 6.07) is 16.7. The van der Waals surface area contributed by atoms with Crippen LogP contribution < -0.4 is 10.2 Å². The van der Waals surface area contributed by atoms with Gasteiger partial charge in [0.25, 0.3) is 0 Å². The summed E-state index contributed by atoms with van der Waals surface area (Å²) in [6.45, 7) is 6.08. The van der Waals surface area contributed by atoms with E-state index in [2.05, 4.69) is 51.5 Å². The highest BCUT2D eigenvalue weighted by Gasteiger charge is 2.17. The molecule has 2 aromatic carbocycles. The summed E-state index contributed by atoms with van der Waals surface area (Å²) >= 11 is 0. The number of carbonyl (C=O) groups is 2. The number of hydrogen-bond acceptors (Lipinski definition) is 4.